The third-order valence-electron chi connectivity index (χ3n) is 3.18. The van der Waals surface area contributed by atoms with Crippen molar-refractivity contribution in [1.82, 2.24) is 4.31 Å². The lowest BCUT2D eigenvalue weighted by Gasteiger charge is -2.34. The first kappa shape index (κ1) is 14.5. The second kappa shape index (κ2) is 6.00. The summed E-state index contributed by atoms with van der Waals surface area (Å²) in [5.74, 6) is 0. The molecule has 1 atom stereocenters. The molecular formula is C11H17BrN2O2S2. The molecule has 102 valence electrons. The Balaban J connectivity index is 2.27. The molecule has 2 heterocycles. The van der Waals surface area contributed by atoms with Crippen LogP contribution in [0.4, 0.5) is 0 Å². The second-order valence-corrected chi connectivity index (χ2v) is 8.98. The van der Waals surface area contributed by atoms with Gasteiger partial charge in [0.25, 0.3) is 10.0 Å². The maximum Gasteiger partial charge on any atom is 0.252 e. The van der Waals surface area contributed by atoms with Crippen LogP contribution < -0.4 is 5.73 Å². The van der Waals surface area contributed by atoms with E-state index in [1.54, 1.807) is 16.4 Å². The fraction of sp³-hybridized carbons (Fsp3) is 0.636. The van der Waals surface area contributed by atoms with E-state index in [1.165, 1.54) is 11.3 Å². The maximum absolute atomic E-state index is 12.6. The Kier molecular flexibility index (Phi) is 4.82. The summed E-state index contributed by atoms with van der Waals surface area (Å²) in [4.78, 5) is 0. The number of nitrogens with zero attached hydrogens (tertiary/aromatic N) is 1. The van der Waals surface area contributed by atoms with Gasteiger partial charge in [-0.2, -0.15) is 4.31 Å². The van der Waals surface area contributed by atoms with Crippen LogP contribution in [0.3, 0.4) is 0 Å². The number of hydrogen-bond acceptors (Lipinski definition) is 4. The van der Waals surface area contributed by atoms with Gasteiger partial charge < -0.3 is 5.73 Å². The Bertz CT molecular complexity index is 499. The molecule has 7 heteroatoms. The minimum absolute atomic E-state index is 0.0645. The minimum Gasteiger partial charge on any atom is -0.330 e. The lowest BCUT2D eigenvalue weighted by Crippen LogP contribution is -2.44. The second-order valence-electron chi connectivity index (χ2n) is 4.40. The topological polar surface area (TPSA) is 63.4 Å². The number of halogens is 1. The van der Waals surface area contributed by atoms with E-state index in [0.717, 1.165) is 29.5 Å². The number of rotatable bonds is 4. The summed E-state index contributed by atoms with van der Waals surface area (Å²) in [5, 5.41) is 0. The molecule has 0 aliphatic carbocycles. The van der Waals surface area contributed by atoms with Crippen molar-refractivity contribution in [2.24, 2.45) is 5.73 Å². The average molecular weight is 353 g/mol. The summed E-state index contributed by atoms with van der Waals surface area (Å²) in [6.45, 7) is 1.15. The van der Waals surface area contributed by atoms with Crippen LogP contribution in [0.2, 0.25) is 0 Å². The van der Waals surface area contributed by atoms with Crippen LogP contribution in [0, 0.1) is 0 Å². The van der Waals surface area contributed by atoms with E-state index in [4.69, 9.17) is 5.73 Å². The molecule has 1 fully saturated rings. The van der Waals surface area contributed by atoms with Crippen LogP contribution in [0.25, 0.3) is 0 Å². The maximum atomic E-state index is 12.6. The summed E-state index contributed by atoms with van der Waals surface area (Å²) in [6, 6.07) is 3.51. The van der Waals surface area contributed by atoms with Crippen molar-refractivity contribution < 1.29 is 8.42 Å². The van der Waals surface area contributed by atoms with Crippen molar-refractivity contribution in [1.29, 1.82) is 0 Å². The Morgan fingerprint density at radius 2 is 2.22 bits per heavy atom. The highest BCUT2D eigenvalue weighted by molar-refractivity contribution is 9.11. The number of piperidine rings is 1. The van der Waals surface area contributed by atoms with E-state index in [-0.39, 0.29) is 6.04 Å². The van der Waals surface area contributed by atoms with Gasteiger partial charge in [0.1, 0.15) is 4.21 Å². The molecule has 0 aromatic carbocycles. The predicted molar refractivity (Wildman–Crippen MR) is 77.2 cm³/mol. The third kappa shape index (κ3) is 2.96. The highest BCUT2D eigenvalue weighted by Gasteiger charge is 2.33. The Morgan fingerprint density at radius 3 is 2.83 bits per heavy atom. The first-order valence-electron chi connectivity index (χ1n) is 6.03. The van der Waals surface area contributed by atoms with Crippen LogP contribution >= 0.6 is 27.3 Å². The molecule has 2 N–H and O–H groups in total. The number of thiophene rings is 1. The predicted octanol–water partition coefficient (Wildman–Crippen LogP) is 2.40. The fourth-order valence-corrected chi connectivity index (χ4v) is 6.19. The molecular weight excluding hydrogens is 336 g/mol. The molecule has 0 radical (unpaired) electrons. The van der Waals surface area contributed by atoms with Crippen molar-refractivity contribution in [3.8, 4) is 0 Å². The van der Waals surface area contributed by atoms with Gasteiger partial charge in [-0.3, -0.25) is 0 Å². The van der Waals surface area contributed by atoms with Crippen molar-refractivity contribution in [2.45, 2.75) is 35.9 Å². The fourth-order valence-electron chi connectivity index (χ4n) is 2.32. The Morgan fingerprint density at radius 1 is 1.44 bits per heavy atom. The number of hydrogen-bond donors (Lipinski definition) is 1. The van der Waals surface area contributed by atoms with E-state index in [1.807, 2.05) is 0 Å². The standard InChI is InChI=1S/C11H17BrN2O2S2/c12-10-4-5-11(17-10)18(15,16)14-8-2-1-3-9(14)6-7-13/h4-5,9H,1-3,6-8,13H2. The summed E-state index contributed by atoms with van der Waals surface area (Å²) in [5.41, 5.74) is 5.58. The SMILES string of the molecule is NCCC1CCCCN1S(=O)(=O)c1ccc(Br)s1. The van der Waals surface area contributed by atoms with Crippen LogP contribution in [-0.2, 0) is 10.0 Å². The summed E-state index contributed by atoms with van der Waals surface area (Å²) >= 11 is 4.57. The van der Waals surface area contributed by atoms with Gasteiger partial charge in [0, 0.05) is 12.6 Å². The van der Waals surface area contributed by atoms with Gasteiger partial charge >= 0.3 is 0 Å². The lowest BCUT2D eigenvalue weighted by molar-refractivity contribution is 0.243. The molecule has 0 bridgehead atoms. The van der Waals surface area contributed by atoms with Gasteiger partial charge in [0.05, 0.1) is 3.79 Å². The van der Waals surface area contributed by atoms with Crippen molar-refractivity contribution in [3.05, 3.63) is 15.9 Å². The van der Waals surface area contributed by atoms with Crippen LogP contribution in [-0.4, -0.2) is 31.9 Å². The van der Waals surface area contributed by atoms with Gasteiger partial charge in [0.2, 0.25) is 0 Å². The van der Waals surface area contributed by atoms with Gasteiger partial charge in [0.15, 0.2) is 0 Å². The first-order valence-corrected chi connectivity index (χ1v) is 9.08. The van der Waals surface area contributed by atoms with Crippen LogP contribution in [0.5, 0.6) is 0 Å². The quantitative estimate of drug-likeness (QED) is 0.904. The van der Waals surface area contributed by atoms with Crippen molar-refractivity contribution in [2.75, 3.05) is 13.1 Å². The van der Waals surface area contributed by atoms with E-state index in [2.05, 4.69) is 15.9 Å². The van der Waals surface area contributed by atoms with Gasteiger partial charge in [-0.1, -0.05) is 6.42 Å². The van der Waals surface area contributed by atoms with Gasteiger partial charge in [-0.25, -0.2) is 8.42 Å². The molecule has 2 rings (SSSR count). The summed E-state index contributed by atoms with van der Waals surface area (Å²) in [6.07, 6.45) is 3.69. The molecule has 0 spiro atoms. The lowest BCUT2D eigenvalue weighted by atomic mass is 10.0. The molecule has 1 aliphatic rings. The van der Waals surface area contributed by atoms with Crippen molar-refractivity contribution in [3.63, 3.8) is 0 Å². The molecule has 1 aliphatic heterocycles. The minimum atomic E-state index is -3.35. The zero-order valence-corrected chi connectivity index (χ0v) is 13.2. The third-order valence-corrected chi connectivity index (χ3v) is 7.23. The Labute approximate surface area is 120 Å². The molecule has 0 amide bonds. The molecule has 1 aromatic rings. The number of sulfonamides is 1. The Hall–Kier alpha value is 0.0500. The average Bonchev–Trinajstić information content (AvgIpc) is 2.78. The molecule has 4 nitrogen and oxygen atoms in total. The van der Waals surface area contributed by atoms with E-state index < -0.39 is 10.0 Å². The molecule has 1 aromatic heterocycles. The van der Waals surface area contributed by atoms with Gasteiger partial charge in [-0.15, -0.1) is 11.3 Å². The van der Waals surface area contributed by atoms with Gasteiger partial charge in [-0.05, 0) is 53.9 Å². The van der Waals surface area contributed by atoms with E-state index in [0.29, 0.717) is 17.3 Å². The highest BCUT2D eigenvalue weighted by Crippen LogP contribution is 2.32. The van der Waals surface area contributed by atoms with E-state index >= 15 is 0 Å². The molecule has 1 saturated heterocycles. The summed E-state index contributed by atoms with van der Waals surface area (Å²) < 4.78 is 28.0. The largest absolute Gasteiger partial charge is 0.330 e. The monoisotopic (exact) mass is 352 g/mol. The molecule has 0 saturated carbocycles. The normalized spacial score (nSPS) is 22.2. The first-order chi connectivity index (χ1) is 8.55. The number of nitrogens with two attached hydrogens (primary N) is 1. The highest BCUT2D eigenvalue weighted by atomic mass is 79.9. The zero-order valence-electron chi connectivity index (χ0n) is 10.0. The summed E-state index contributed by atoms with van der Waals surface area (Å²) in [7, 11) is -3.35. The smallest absolute Gasteiger partial charge is 0.252 e. The van der Waals surface area contributed by atoms with E-state index in [9.17, 15) is 8.42 Å². The zero-order chi connectivity index (χ0) is 13.2. The molecule has 18 heavy (non-hydrogen) atoms. The van der Waals surface area contributed by atoms with Crippen molar-refractivity contribution >= 4 is 37.3 Å². The van der Waals surface area contributed by atoms with Crippen LogP contribution in [0.15, 0.2) is 20.1 Å². The van der Waals surface area contributed by atoms with Crippen LogP contribution in [0.1, 0.15) is 25.7 Å². The molecule has 1 unspecified atom stereocenters.